The Bertz CT molecular complexity index is 317. The van der Waals surface area contributed by atoms with Gasteiger partial charge in [-0.15, -0.1) is 0 Å². The summed E-state index contributed by atoms with van der Waals surface area (Å²) in [5.74, 6) is 0. The first-order valence-corrected chi connectivity index (χ1v) is 6.41. The van der Waals surface area contributed by atoms with E-state index < -0.39 is 0 Å². The second-order valence-electron chi connectivity index (χ2n) is 4.55. The summed E-state index contributed by atoms with van der Waals surface area (Å²) >= 11 is 0. The Labute approximate surface area is 104 Å². The molecule has 0 bridgehead atoms. The van der Waals surface area contributed by atoms with Crippen LogP contribution in [0, 0.1) is 0 Å². The second kappa shape index (κ2) is 6.74. The highest BCUT2D eigenvalue weighted by molar-refractivity contribution is 5.22. The predicted molar refractivity (Wildman–Crippen MR) is 70.2 cm³/mol. The molecule has 3 nitrogen and oxygen atoms in total. The fraction of sp³-hybridized carbons (Fsp3) is 0.571. The third-order valence-corrected chi connectivity index (χ3v) is 3.22. The SMILES string of the molecule is CNCc1ccc(CCN2CCOCC2)cc1. The van der Waals surface area contributed by atoms with Gasteiger partial charge < -0.3 is 10.1 Å². The average molecular weight is 234 g/mol. The smallest absolute Gasteiger partial charge is 0.0594 e. The summed E-state index contributed by atoms with van der Waals surface area (Å²) in [5, 5.41) is 3.17. The van der Waals surface area contributed by atoms with Crippen LogP contribution in [0.5, 0.6) is 0 Å². The standard InChI is InChI=1S/C14H22N2O/c1-15-12-14-4-2-13(3-5-14)6-7-16-8-10-17-11-9-16/h2-5,15H,6-12H2,1H3. The number of nitrogens with one attached hydrogen (secondary N) is 1. The maximum atomic E-state index is 5.35. The van der Waals surface area contributed by atoms with E-state index in [9.17, 15) is 0 Å². The molecule has 1 fully saturated rings. The number of morpholine rings is 1. The molecule has 0 spiro atoms. The predicted octanol–water partition coefficient (Wildman–Crippen LogP) is 1.28. The van der Waals surface area contributed by atoms with Crippen LogP contribution in [0.1, 0.15) is 11.1 Å². The van der Waals surface area contributed by atoms with E-state index in [0.717, 1.165) is 45.8 Å². The third kappa shape index (κ3) is 4.11. The van der Waals surface area contributed by atoms with Crippen molar-refractivity contribution in [2.45, 2.75) is 13.0 Å². The minimum absolute atomic E-state index is 0.890. The van der Waals surface area contributed by atoms with Crippen molar-refractivity contribution in [3.63, 3.8) is 0 Å². The van der Waals surface area contributed by atoms with Crippen LogP contribution in [0.25, 0.3) is 0 Å². The lowest BCUT2D eigenvalue weighted by Gasteiger charge is -2.26. The van der Waals surface area contributed by atoms with E-state index in [0.29, 0.717) is 0 Å². The van der Waals surface area contributed by atoms with Crippen molar-refractivity contribution in [3.8, 4) is 0 Å². The summed E-state index contributed by atoms with van der Waals surface area (Å²) in [7, 11) is 1.98. The first-order valence-electron chi connectivity index (χ1n) is 6.41. The van der Waals surface area contributed by atoms with E-state index in [4.69, 9.17) is 4.74 Å². The highest BCUT2D eigenvalue weighted by atomic mass is 16.5. The van der Waals surface area contributed by atoms with Gasteiger partial charge in [0.2, 0.25) is 0 Å². The second-order valence-corrected chi connectivity index (χ2v) is 4.55. The van der Waals surface area contributed by atoms with Crippen LogP contribution in [-0.4, -0.2) is 44.8 Å². The van der Waals surface area contributed by atoms with Gasteiger partial charge in [0, 0.05) is 26.2 Å². The minimum Gasteiger partial charge on any atom is -0.379 e. The summed E-state index contributed by atoms with van der Waals surface area (Å²) in [6, 6.07) is 8.91. The summed E-state index contributed by atoms with van der Waals surface area (Å²) in [5.41, 5.74) is 2.78. The zero-order chi connectivity index (χ0) is 11.9. The van der Waals surface area contributed by atoms with E-state index in [-0.39, 0.29) is 0 Å². The zero-order valence-electron chi connectivity index (χ0n) is 10.6. The lowest BCUT2D eigenvalue weighted by molar-refractivity contribution is 0.0384. The quantitative estimate of drug-likeness (QED) is 0.830. The highest BCUT2D eigenvalue weighted by Crippen LogP contribution is 2.06. The molecule has 0 unspecified atom stereocenters. The molecule has 0 amide bonds. The van der Waals surface area contributed by atoms with Crippen molar-refractivity contribution >= 4 is 0 Å². The molecule has 1 heterocycles. The van der Waals surface area contributed by atoms with Crippen molar-refractivity contribution in [2.75, 3.05) is 39.9 Å². The van der Waals surface area contributed by atoms with Crippen LogP contribution >= 0.6 is 0 Å². The first-order chi connectivity index (χ1) is 8.38. The summed E-state index contributed by atoms with van der Waals surface area (Å²) in [6.07, 6.45) is 1.14. The Hall–Kier alpha value is -0.900. The van der Waals surface area contributed by atoms with E-state index in [1.165, 1.54) is 11.1 Å². The monoisotopic (exact) mass is 234 g/mol. The van der Waals surface area contributed by atoms with Crippen LogP contribution in [0.4, 0.5) is 0 Å². The van der Waals surface area contributed by atoms with Gasteiger partial charge in [-0.3, -0.25) is 4.90 Å². The molecule has 3 heteroatoms. The fourth-order valence-electron chi connectivity index (χ4n) is 2.14. The Morgan fingerprint density at radius 2 is 1.76 bits per heavy atom. The zero-order valence-corrected chi connectivity index (χ0v) is 10.6. The Morgan fingerprint density at radius 3 is 2.41 bits per heavy atom. The van der Waals surface area contributed by atoms with Gasteiger partial charge >= 0.3 is 0 Å². The lowest BCUT2D eigenvalue weighted by atomic mass is 10.1. The average Bonchev–Trinajstić information content (AvgIpc) is 2.40. The van der Waals surface area contributed by atoms with Gasteiger partial charge in [0.15, 0.2) is 0 Å². The van der Waals surface area contributed by atoms with Crippen molar-refractivity contribution in [1.82, 2.24) is 10.2 Å². The van der Waals surface area contributed by atoms with Gasteiger partial charge in [0.05, 0.1) is 13.2 Å². The number of benzene rings is 1. The van der Waals surface area contributed by atoms with Gasteiger partial charge in [0.1, 0.15) is 0 Å². The maximum absolute atomic E-state index is 5.35. The van der Waals surface area contributed by atoms with Crippen LogP contribution in [0.2, 0.25) is 0 Å². The molecule has 1 aliphatic heterocycles. The molecule has 2 rings (SSSR count). The summed E-state index contributed by atoms with van der Waals surface area (Å²) < 4.78 is 5.35. The van der Waals surface area contributed by atoms with Crippen LogP contribution in [0.3, 0.4) is 0 Å². The van der Waals surface area contributed by atoms with Gasteiger partial charge in [-0.2, -0.15) is 0 Å². The van der Waals surface area contributed by atoms with E-state index in [2.05, 4.69) is 34.5 Å². The van der Waals surface area contributed by atoms with Crippen LogP contribution < -0.4 is 5.32 Å². The van der Waals surface area contributed by atoms with Crippen molar-refractivity contribution in [1.29, 1.82) is 0 Å². The number of rotatable bonds is 5. The first kappa shape index (κ1) is 12.6. The Kier molecular flexibility index (Phi) is 4.98. The van der Waals surface area contributed by atoms with Crippen molar-refractivity contribution < 1.29 is 4.74 Å². The topological polar surface area (TPSA) is 24.5 Å². The molecular weight excluding hydrogens is 212 g/mol. The molecule has 0 atom stereocenters. The molecule has 0 aliphatic carbocycles. The Balaban J connectivity index is 1.77. The molecule has 0 radical (unpaired) electrons. The molecule has 1 aromatic carbocycles. The van der Waals surface area contributed by atoms with Crippen molar-refractivity contribution in [3.05, 3.63) is 35.4 Å². The van der Waals surface area contributed by atoms with Gasteiger partial charge in [-0.05, 0) is 24.6 Å². The molecule has 1 saturated heterocycles. The van der Waals surface area contributed by atoms with Crippen molar-refractivity contribution in [2.24, 2.45) is 0 Å². The molecule has 94 valence electrons. The van der Waals surface area contributed by atoms with Gasteiger partial charge in [-0.25, -0.2) is 0 Å². The third-order valence-electron chi connectivity index (χ3n) is 3.22. The van der Waals surface area contributed by atoms with Crippen LogP contribution in [0.15, 0.2) is 24.3 Å². The lowest BCUT2D eigenvalue weighted by Crippen LogP contribution is -2.37. The van der Waals surface area contributed by atoms with E-state index in [1.54, 1.807) is 0 Å². The number of hydrogen-bond acceptors (Lipinski definition) is 3. The van der Waals surface area contributed by atoms with Gasteiger partial charge in [-0.1, -0.05) is 24.3 Å². The van der Waals surface area contributed by atoms with Crippen LogP contribution in [-0.2, 0) is 17.7 Å². The summed E-state index contributed by atoms with van der Waals surface area (Å²) in [6.45, 7) is 6.04. The van der Waals surface area contributed by atoms with Gasteiger partial charge in [0.25, 0.3) is 0 Å². The molecule has 0 aromatic heterocycles. The molecule has 1 aliphatic rings. The molecule has 1 aromatic rings. The Morgan fingerprint density at radius 1 is 1.12 bits per heavy atom. The normalized spacial score (nSPS) is 17.2. The number of hydrogen-bond donors (Lipinski definition) is 1. The van der Waals surface area contributed by atoms with E-state index in [1.807, 2.05) is 7.05 Å². The number of nitrogens with zero attached hydrogens (tertiary/aromatic N) is 1. The number of ether oxygens (including phenoxy) is 1. The minimum atomic E-state index is 0.890. The molecule has 0 saturated carbocycles. The summed E-state index contributed by atoms with van der Waals surface area (Å²) in [4.78, 5) is 2.48. The largest absolute Gasteiger partial charge is 0.379 e. The van der Waals surface area contributed by atoms with E-state index >= 15 is 0 Å². The fourth-order valence-corrected chi connectivity index (χ4v) is 2.14. The highest BCUT2D eigenvalue weighted by Gasteiger charge is 2.09. The molecule has 1 N–H and O–H groups in total. The molecule has 17 heavy (non-hydrogen) atoms. The molecular formula is C14H22N2O. The maximum Gasteiger partial charge on any atom is 0.0594 e.